The molecular weight excluding hydrogens is 350 g/mol. The van der Waals surface area contributed by atoms with Gasteiger partial charge in [-0.25, -0.2) is 9.97 Å². The highest BCUT2D eigenvalue weighted by Crippen LogP contribution is 2.21. The molecule has 0 spiro atoms. The molecule has 2 aliphatic heterocycles. The minimum Gasteiger partial charge on any atom is -0.341 e. The molecule has 138 valence electrons. The lowest BCUT2D eigenvalue weighted by atomic mass is 10.2. The number of amides is 1. The van der Waals surface area contributed by atoms with Gasteiger partial charge < -0.3 is 15.1 Å². The van der Waals surface area contributed by atoms with Crippen molar-refractivity contribution in [2.24, 2.45) is 0 Å². The third kappa shape index (κ3) is 4.14. The number of anilines is 2. The lowest BCUT2D eigenvalue weighted by molar-refractivity contribution is -0.117. The molecule has 2 aromatic rings. The van der Waals surface area contributed by atoms with E-state index in [-0.39, 0.29) is 24.4 Å². The summed E-state index contributed by atoms with van der Waals surface area (Å²) in [5.41, 5.74) is 2.02. The van der Waals surface area contributed by atoms with Crippen LogP contribution in [-0.4, -0.2) is 41.6 Å². The third-order valence-corrected chi connectivity index (χ3v) is 4.87. The van der Waals surface area contributed by atoms with Crippen molar-refractivity contribution in [1.29, 1.82) is 0 Å². The summed E-state index contributed by atoms with van der Waals surface area (Å²) in [6.07, 6.45) is 6.75. The van der Waals surface area contributed by atoms with Crippen molar-refractivity contribution in [3.05, 3.63) is 48.3 Å². The van der Waals surface area contributed by atoms with E-state index in [4.69, 9.17) is 0 Å². The summed E-state index contributed by atoms with van der Waals surface area (Å²) < 4.78 is 0. The molecule has 4 rings (SSSR count). The van der Waals surface area contributed by atoms with Gasteiger partial charge in [-0.3, -0.25) is 4.79 Å². The summed E-state index contributed by atoms with van der Waals surface area (Å²) in [6, 6.07) is 10.00. The second-order valence-corrected chi connectivity index (χ2v) is 6.71. The standard InChI is InChI=1S/C19H23N5O.ClH/c25-18-10-16(14-24(18)17-6-2-1-3-7-17)20-11-15-12-21-19(22-13-15)23-8-4-5-9-23;/h1-3,6-7,12-13,16,20H,4-5,8-11,14H2;1H. The Morgan fingerprint density at radius 3 is 2.46 bits per heavy atom. The van der Waals surface area contributed by atoms with Gasteiger partial charge in [0.15, 0.2) is 0 Å². The molecule has 0 saturated carbocycles. The predicted octanol–water partition coefficient (Wildman–Crippen LogP) is 2.39. The van der Waals surface area contributed by atoms with Crippen molar-refractivity contribution in [3.63, 3.8) is 0 Å². The normalized spacial score (nSPS) is 19.7. The maximum absolute atomic E-state index is 12.2. The van der Waals surface area contributed by atoms with E-state index in [0.29, 0.717) is 19.5 Å². The van der Waals surface area contributed by atoms with E-state index in [9.17, 15) is 4.79 Å². The van der Waals surface area contributed by atoms with E-state index in [1.807, 2.05) is 47.6 Å². The lowest BCUT2D eigenvalue weighted by Gasteiger charge is -2.17. The van der Waals surface area contributed by atoms with E-state index < -0.39 is 0 Å². The number of halogens is 1. The second-order valence-electron chi connectivity index (χ2n) is 6.71. The highest BCUT2D eigenvalue weighted by Gasteiger charge is 2.30. The molecule has 7 heteroatoms. The maximum atomic E-state index is 12.2. The zero-order valence-corrected chi connectivity index (χ0v) is 15.5. The molecule has 1 aromatic heterocycles. The molecular formula is C19H24ClN5O. The van der Waals surface area contributed by atoms with Crippen molar-refractivity contribution in [2.45, 2.75) is 31.8 Å². The SMILES string of the molecule is Cl.O=C1CC(NCc2cnc(N3CCCC3)nc2)CN1c1ccccc1. The van der Waals surface area contributed by atoms with Crippen molar-refractivity contribution < 1.29 is 4.79 Å². The van der Waals surface area contributed by atoms with Crippen LogP contribution in [0.15, 0.2) is 42.7 Å². The Bertz CT molecular complexity index is 718. The first kappa shape index (κ1) is 18.6. The predicted molar refractivity (Wildman–Crippen MR) is 105 cm³/mol. The number of hydrogen-bond acceptors (Lipinski definition) is 5. The topological polar surface area (TPSA) is 61.4 Å². The van der Waals surface area contributed by atoms with Gasteiger partial charge >= 0.3 is 0 Å². The number of hydrogen-bond donors (Lipinski definition) is 1. The van der Waals surface area contributed by atoms with E-state index >= 15 is 0 Å². The molecule has 2 fully saturated rings. The van der Waals surface area contributed by atoms with Gasteiger partial charge in [0.1, 0.15) is 0 Å². The highest BCUT2D eigenvalue weighted by atomic mass is 35.5. The number of para-hydroxylation sites is 1. The molecule has 1 amide bonds. The minimum absolute atomic E-state index is 0. The monoisotopic (exact) mass is 373 g/mol. The van der Waals surface area contributed by atoms with Crippen LogP contribution in [0, 0.1) is 0 Å². The number of nitrogens with one attached hydrogen (secondary N) is 1. The molecule has 3 heterocycles. The average Bonchev–Trinajstić information content (AvgIpc) is 3.31. The fourth-order valence-electron chi connectivity index (χ4n) is 3.48. The number of aromatic nitrogens is 2. The van der Waals surface area contributed by atoms with Crippen molar-refractivity contribution in [2.75, 3.05) is 29.4 Å². The Kier molecular flexibility index (Phi) is 6.06. The molecule has 1 unspecified atom stereocenters. The zero-order valence-electron chi connectivity index (χ0n) is 14.7. The lowest BCUT2D eigenvalue weighted by Crippen LogP contribution is -2.32. The molecule has 0 aliphatic carbocycles. The fraction of sp³-hybridized carbons (Fsp3) is 0.421. The van der Waals surface area contributed by atoms with E-state index in [1.165, 1.54) is 12.8 Å². The van der Waals surface area contributed by atoms with Crippen LogP contribution in [0.5, 0.6) is 0 Å². The molecule has 2 saturated heterocycles. The van der Waals surface area contributed by atoms with E-state index in [0.717, 1.165) is 30.3 Å². The summed E-state index contributed by atoms with van der Waals surface area (Å²) in [5, 5.41) is 3.46. The van der Waals surface area contributed by atoms with Crippen LogP contribution in [0.25, 0.3) is 0 Å². The Labute approximate surface area is 160 Å². The van der Waals surface area contributed by atoms with Crippen LogP contribution in [0.2, 0.25) is 0 Å². The first-order valence-electron chi connectivity index (χ1n) is 8.94. The van der Waals surface area contributed by atoms with Crippen LogP contribution in [0.4, 0.5) is 11.6 Å². The summed E-state index contributed by atoms with van der Waals surface area (Å²) in [5.74, 6) is 0.997. The number of rotatable bonds is 5. The number of carbonyl (C=O) groups is 1. The number of benzene rings is 1. The molecule has 1 atom stereocenters. The molecule has 2 aliphatic rings. The van der Waals surface area contributed by atoms with Crippen molar-refractivity contribution in [1.82, 2.24) is 15.3 Å². The van der Waals surface area contributed by atoms with Crippen molar-refractivity contribution in [3.8, 4) is 0 Å². The van der Waals surface area contributed by atoms with Gasteiger partial charge in [-0.15, -0.1) is 12.4 Å². The van der Waals surface area contributed by atoms with Crippen LogP contribution in [0.1, 0.15) is 24.8 Å². The Morgan fingerprint density at radius 1 is 1.08 bits per heavy atom. The quantitative estimate of drug-likeness (QED) is 0.872. The minimum atomic E-state index is 0. The van der Waals surface area contributed by atoms with Gasteiger partial charge in [0.25, 0.3) is 0 Å². The van der Waals surface area contributed by atoms with Gasteiger partial charge in [0.05, 0.1) is 0 Å². The van der Waals surface area contributed by atoms with Gasteiger partial charge in [-0.1, -0.05) is 18.2 Å². The first-order chi connectivity index (χ1) is 12.3. The molecule has 0 bridgehead atoms. The molecule has 6 nitrogen and oxygen atoms in total. The Morgan fingerprint density at radius 2 is 1.77 bits per heavy atom. The average molecular weight is 374 g/mol. The van der Waals surface area contributed by atoms with Crippen molar-refractivity contribution >= 4 is 29.9 Å². The molecule has 1 aromatic carbocycles. The number of carbonyl (C=O) groups excluding carboxylic acids is 1. The van der Waals surface area contributed by atoms with Gasteiger partial charge in [-0.05, 0) is 25.0 Å². The van der Waals surface area contributed by atoms with E-state index in [1.54, 1.807) is 0 Å². The highest BCUT2D eigenvalue weighted by molar-refractivity contribution is 5.96. The summed E-state index contributed by atoms with van der Waals surface area (Å²) >= 11 is 0. The van der Waals surface area contributed by atoms with Crippen LogP contribution in [-0.2, 0) is 11.3 Å². The largest absolute Gasteiger partial charge is 0.341 e. The van der Waals surface area contributed by atoms with Gasteiger partial charge in [0.2, 0.25) is 11.9 Å². The first-order valence-corrected chi connectivity index (χ1v) is 8.94. The van der Waals surface area contributed by atoms with Gasteiger partial charge in [-0.2, -0.15) is 0 Å². The molecule has 0 radical (unpaired) electrons. The number of nitrogens with zero attached hydrogens (tertiary/aromatic N) is 4. The fourth-order valence-corrected chi connectivity index (χ4v) is 3.48. The summed E-state index contributed by atoms with van der Waals surface area (Å²) in [6.45, 7) is 3.49. The van der Waals surface area contributed by atoms with Crippen LogP contribution < -0.4 is 15.1 Å². The zero-order chi connectivity index (χ0) is 17.1. The smallest absolute Gasteiger partial charge is 0.228 e. The van der Waals surface area contributed by atoms with Crippen LogP contribution >= 0.6 is 12.4 Å². The van der Waals surface area contributed by atoms with E-state index in [2.05, 4.69) is 20.2 Å². The molecule has 1 N–H and O–H groups in total. The summed E-state index contributed by atoms with van der Waals surface area (Å²) in [4.78, 5) is 25.3. The van der Waals surface area contributed by atoms with Gasteiger partial charge in [0, 0.05) is 62.3 Å². The summed E-state index contributed by atoms with van der Waals surface area (Å²) in [7, 11) is 0. The molecule has 26 heavy (non-hydrogen) atoms. The maximum Gasteiger partial charge on any atom is 0.228 e. The Balaban J connectivity index is 0.00000196. The Hall–Kier alpha value is -2.18. The van der Waals surface area contributed by atoms with Crippen LogP contribution in [0.3, 0.4) is 0 Å². The second kappa shape index (κ2) is 8.47. The third-order valence-electron chi connectivity index (χ3n) is 4.87.